The SMILES string of the molecule is C.C=CC(C)C.CC(C)(C)C.CC(C)(C)CCCO.CC(C)(C)CCCO.CC(C)(C)c1ccc(Br)cc1.CC(C)C.CC(C)CCS.CC(C)Cc1ccccc1.CCCCCC(C)C.COc1cc(C(C)(C)C)cc(OC)c1OC.COc1ccc(C(C)(C)C)cc1. The van der Waals surface area contributed by atoms with E-state index in [2.05, 4.69) is 317 Å². The average molecular weight is 1400 g/mol. The van der Waals surface area contributed by atoms with Crippen LogP contribution in [0.5, 0.6) is 23.0 Å². The van der Waals surface area contributed by atoms with E-state index < -0.39 is 0 Å². The predicted molar refractivity (Wildman–Crippen MR) is 436 cm³/mol. The number of hydrogen-bond acceptors (Lipinski definition) is 7. The molecule has 554 valence electrons. The summed E-state index contributed by atoms with van der Waals surface area (Å²) in [7, 11) is 6.55. The van der Waals surface area contributed by atoms with Gasteiger partial charge in [0.25, 0.3) is 0 Å². The molecule has 0 atom stereocenters. The van der Waals surface area contributed by atoms with Gasteiger partial charge in [-0.25, -0.2) is 0 Å². The number of ether oxygens (including phenoxy) is 4. The summed E-state index contributed by atoms with van der Waals surface area (Å²) < 4.78 is 22.1. The highest BCUT2D eigenvalue weighted by atomic mass is 79.9. The maximum Gasteiger partial charge on any atom is 0.203 e. The summed E-state index contributed by atoms with van der Waals surface area (Å²) in [5, 5.41) is 16.9. The van der Waals surface area contributed by atoms with Crippen molar-refractivity contribution in [3.63, 3.8) is 0 Å². The highest BCUT2D eigenvalue weighted by Crippen LogP contribution is 2.41. The van der Waals surface area contributed by atoms with Crippen LogP contribution in [0.2, 0.25) is 0 Å². The molecule has 0 aliphatic carbocycles. The summed E-state index contributed by atoms with van der Waals surface area (Å²) in [4.78, 5) is 0. The average Bonchev–Trinajstić information content (AvgIpc) is 0.819. The smallest absolute Gasteiger partial charge is 0.203 e. The Labute approximate surface area is 603 Å². The van der Waals surface area contributed by atoms with Crippen LogP contribution in [0.3, 0.4) is 0 Å². The van der Waals surface area contributed by atoms with Crippen LogP contribution >= 0.6 is 28.6 Å². The molecule has 6 nitrogen and oxygen atoms in total. The third-order valence-corrected chi connectivity index (χ3v) is 13.2. The third kappa shape index (κ3) is 82.8. The van der Waals surface area contributed by atoms with E-state index in [1.807, 2.05) is 30.3 Å². The maximum atomic E-state index is 8.43. The molecular formula is C86H161BrO6S. The Kier molecular flexibility index (Phi) is 68.8. The van der Waals surface area contributed by atoms with Crippen molar-refractivity contribution in [1.82, 2.24) is 0 Å². The molecule has 4 rings (SSSR count). The summed E-state index contributed by atoms with van der Waals surface area (Å²) >= 11 is 7.47. The van der Waals surface area contributed by atoms with E-state index in [-0.39, 0.29) is 23.7 Å². The summed E-state index contributed by atoms with van der Waals surface area (Å²) in [6, 6.07) is 31.3. The molecule has 0 aliphatic rings. The van der Waals surface area contributed by atoms with Crippen molar-refractivity contribution in [1.29, 1.82) is 0 Å². The number of unbranched alkanes of at least 4 members (excludes halogenated alkanes) is 2. The molecule has 0 radical (unpaired) electrons. The number of rotatable bonds is 17. The van der Waals surface area contributed by atoms with E-state index in [1.165, 1.54) is 55.2 Å². The van der Waals surface area contributed by atoms with Crippen LogP contribution in [0.1, 0.15) is 302 Å². The number of benzene rings is 4. The van der Waals surface area contributed by atoms with Gasteiger partial charge >= 0.3 is 0 Å². The first-order valence-corrected chi connectivity index (χ1v) is 36.6. The van der Waals surface area contributed by atoms with Gasteiger partial charge in [-0.3, -0.25) is 0 Å². The largest absolute Gasteiger partial charge is 0.497 e. The molecule has 0 saturated heterocycles. The van der Waals surface area contributed by atoms with Crippen LogP contribution in [0.25, 0.3) is 0 Å². The van der Waals surface area contributed by atoms with Crippen molar-refractivity contribution < 1.29 is 29.2 Å². The Morgan fingerprint density at radius 1 is 0.479 bits per heavy atom. The Balaban J connectivity index is -0.000000147. The summed E-state index contributed by atoms with van der Waals surface area (Å²) in [5.74, 6) is 7.96. The Hall–Kier alpha value is -3.43. The number of halogens is 1. The third-order valence-electron chi connectivity index (χ3n) is 12.4. The zero-order valence-corrected chi connectivity index (χ0v) is 70.4. The molecule has 0 aliphatic heterocycles. The maximum absolute atomic E-state index is 8.43. The van der Waals surface area contributed by atoms with Gasteiger partial charge in [0.05, 0.1) is 28.4 Å². The number of aliphatic hydroxyl groups is 2. The summed E-state index contributed by atoms with van der Waals surface area (Å²) in [6.45, 7) is 72.2. The van der Waals surface area contributed by atoms with E-state index in [1.54, 1.807) is 28.4 Å². The first-order chi connectivity index (χ1) is 42.4. The molecule has 0 spiro atoms. The lowest BCUT2D eigenvalue weighted by atomic mass is 9.86. The molecule has 0 unspecified atom stereocenters. The molecule has 94 heavy (non-hydrogen) atoms. The van der Waals surface area contributed by atoms with Crippen molar-refractivity contribution in [3.05, 3.63) is 130 Å². The van der Waals surface area contributed by atoms with Gasteiger partial charge in [-0.15, -0.1) is 6.58 Å². The molecule has 0 fully saturated rings. The topological polar surface area (TPSA) is 77.4 Å². The fraction of sp³-hybridized carbons (Fsp3) is 0.698. The molecule has 0 amide bonds. The van der Waals surface area contributed by atoms with Crippen molar-refractivity contribution >= 4 is 28.6 Å². The molecule has 0 saturated carbocycles. The van der Waals surface area contributed by atoms with Crippen molar-refractivity contribution in [2.45, 2.75) is 303 Å². The Morgan fingerprint density at radius 3 is 1.03 bits per heavy atom. The van der Waals surface area contributed by atoms with E-state index >= 15 is 0 Å². The standard InChI is InChI=1S/C13H20O3.C11H16O.C10H13Br.C10H14.C8H18.2C7H16O.C5H12S.C5H12.C5H10.C4H10.CH4/c1-13(2,3)9-7-10(14-4)12(16-6)11(8-9)15-5;1-11(2,3)9-5-7-10(12-4)8-6-9;1-10(2,3)8-4-6-9(11)7-5-8;1-9(2)8-10-6-4-3-5-7-10;1-4-5-6-7-8(2)3;2*1-7(2,3)5-4-6-8;1-5(2)3-4-6;1-5(2,3)4;1-4-5(2)3;1-4(2)3;/h7-8H,1-6H3;5-8H,1-4H3;4-7H,1-3H3;3-7,9H,8H2,1-2H3;8H,4-7H2,1-3H3;2*8H,4-6H2,1-3H3;5-6H,3-4H2,1-2H3;1-4H3;4-5H,1H2,2-3H3;4H,1-3H3;1H4. The Bertz CT molecular complexity index is 2170. The van der Waals surface area contributed by atoms with E-state index in [0.29, 0.717) is 52.6 Å². The highest BCUT2D eigenvalue weighted by molar-refractivity contribution is 9.10. The lowest BCUT2D eigenvalue weighted by Gasteiger charge is -2.22. The van der Waals surface area contributed by atoms with Gasteiger partial charge in [-0.1, -0.05) is 324 Å². The fourth-order valence-electron chi connectivity index (χ4n) is 6.92. The minimum absolute atomic E-state index is 0. The number of allylic oxidation sites excluding steroid dienone is 1. The lowest BCUT2D eigenvalue weighted by Crippen LogP contribution is -2.11. The van der Waals surface area contributed by atoms with Crippen LogP contribution in [0.4, 0.5) is 0 Å². The highest BCUT2D eigenvalue weighted by Gasteiger charge is 2.21. The second kappa shape index (κ2) is 60.7. The normalized spacial score (nSPS) is 10.9. The van der Waals surface area contributed by atoms with Crippen molar-refractivity contribution in [2.75, 3.05) is 47.4 Å². The van der Waals surface area contributed by atoms with Gasteiger partial charge in [-0.05, 0) is 165 Å². The van der Waals surface area contributed by atoms with Gasteiger partial charge in [0, 0.05) is 17.7 Å². The van der Waals surface area contributed by atoms with Crippen LogP contribution in [-0.4, -0.2) is 57.6 Å². The van der Waals surface area contributed by atoms with Crippen LogP contribution < -0.4 is 18.9 Å². The zero-order chi connectivity index (χ0) is 74.4. The van der Waals surface area contributed by atoms with Gasteiger partial charge in [0.2, 0.25) is 5.75 Å². The number of methoxy groups -OCH3 is 4. The molecule has 4 aromatic rings. The van der Waals surface area contributed by atoms with E-state index in [9.17, 15) is 0 Å². The van der Waals surface area contributed by atoms with Crippen molar-refractivity contribution in [3.8, 4) is 23.0 Å². The molecule has 0 aromatic heterocycles. The van der Waals surface area contributed by atoms with E-state index in [0.717, 1.165) is 70.9 Å². The first kappa shape index (κ1) is 107. The minimum Gasteiger partial charge on any atom is -0.497 e. The van der Waals surface area contributed by atoms with Gasteiger partial charge < -0.3 is 29.2 Å². The molecule has 2 N–H and O–H groups in total. The first-order valence-electron chi connectivity index (χ1n) is 35.1. The van der Waals surface area contributed by atoms with Gasteiger partial charge in [0.15, 0.2) is 11.5 Å². The van der Waals surface area contributed by atoms with Gasteiger partial charge in [0.1, 0.15) is 5.75 Å². The predicted octanol–water partition coefficient (Wildman–Crippen LogP) is 27.6. The Morgan fingerprint density at radius 2 is 0.819 bits per heavy atom. The molecule has 0 heterocycles. The minimum atomic E-state index is 0. The van der Waals surface area contributed by atoms with E-state index in [4.69, 9.17) is 29.2 Å². The molecule has 8 heteroatoms. The van der Waals surface area contributed by atoms with Crippen LogP contribution in [0, 0.1) is 45.8 Å². The quantitative estimate of drug-likeness (QED) is 0.0556. The van der Waals surface area contributed by atoms with Gasteiger partial charge in [-0.2, -0.15) is 12.6 Å². The zero-order valence-electron chi connectivity index (χ0n) is 67.9. The summed E-state index contributed by atoms with van der Waals surface area (Å²) in [5.41, 5.74) is 7.13. The number of aliphatic hydroxyl groups excluding tert-OH is 2. The lowest BCUT2D eigenvalue weighted by molar-refractivity contribution is 0.251. The second-order valence-corrected chi connectivity index (χ2v) is 34.6. The second-order valence-electron chi connectivity index (χ2n) is 33.3. The van der Waals surface area contributed by atoms with Crippen LogP contribution in [0.15, 0.2) is 108 Å². The molecule has 0 bridgehead atoms. The summed E-state index contributed by atoms with van der Waals surface area (Å²) in [6.07, 6.45) is 14.1. The van der Waals surface area contributed by atoms with Crippen LogP contribution in [-0.2, 0) is 22.7 Å². The van der Waals surface area contributed by atoms with Crippen molar-refractivity contribution in [2.24, 2.45) is 45.8 Å². The number of hydrogen-bond donors (Lipinski definition) is 3. The number of thiol groups is 1. The fourth-order valence-corrected chi connectivity index (χ4v) is 7.70. The molecular weight excluding hydrogens is 1240 g/mol. The molecule has 4 aromatic carbocycles. The monoisotopic (exact) mass is 1400 g/mol.